The van der Waals surface area contributed by atoms with Crippen LogP contribution in [0.5, 0.6) is 0 Å². The van der Waals surface area contributed by atoms with Gasteiger partial charge in [0.25, 0.3) is 0 Å². The van der Waals surface area contributed by atoms with E-state index in [1.54, 1.807) is 0 Å². The van der Waals surface area contributed by atoms with Gasteiger partial charge in [-0.3, -0.25) is 0 Å². The van der Waals surface area contributed by atoms with E-state index in [-0.39, 0.29) is 0 Å². The summed E-state index contributed by atoms with van der Waals surface area (Å²) in [5, 5.41) is 0. The molecule has 0 saturated heterocycles. The molecule has 0 heterocycles. The van der Waals surface area contributed by atoms with E-state index in [0.29, 0.717) is 5.92 Å². The Morgan fingerprint density at radius 3 is 1.29 bits per heavy atom. The summed E-state index contributed by atoms with van der Waals surface area (Å²) in [5.41, 5.74) is 11.3. The first kappa shape index (κ1) is 25.5. The van der Waals surface area contributed by atoms with Crippen molar-refractivity contribution in [2.45, 2.75) is 97.6 Å². The zero-order chi connectivity index (χ0) is 21.4. The molecule has 1 rings (SSSR count). The molecule has 0 bridgehead atoms. The van der Waals surface area contributed by atoms with E-state index in [0.717, 1.165) is 0 Å². The fourth-order valence-corrected chi connectivity index (χ4v) is 9.03. The molecule has 1 aromatic rings. The quantitative estimate of drug-likeness (QED) is 0.192. The Kier molecular flexibility index (Phi) is 10.6. The summed E-state index contributed by atoms with van der Waals surface area (Å²) in [7, 11) is -2.89. The second-order valence-electron chi connectivity index (χ2n) is 8.27. The second-order valence-corrected chi connectivity index (χ2v) is 19.2. The van der Waals surface area contributed by atoms with E-state index in [4.69, 9.17) is 0 Å². The maximum Gasteiger partial charge on any atom is 0.138 e. The van der Waals surface area contributed by atoms with Gasteiger partial charge in [-0.2, -0.15) is 0 Å². The van der Waals surface area contributed by atoms with Crippen molar-refractivity contribution < 1.29 is 0 Å². The van der Waals surface area contributed by atoms with Gasteiger partial charge in [0.15, 0.2) is 0 Å². The van der Waals surface area contributed by atoms with Crippen molar-refractivity contribution in [3.63, 3.8) is 0 Å². The highest BCUT2D eigenvalue weighted by Crippen LogP contribution is 2.26. The van der Waals surface area contributed by atoms with Crippen molar-refractivity contribution in [1.29, 1.82) is 0 Å². The third kappa shape index (κ3) is 6.25. The van der Waals surface area contributed by atoms with E-state index in [9.17, 15) is 0 Å². The lowest BCUT2D eigenvalue weighted by Gasteiger charge is -2.20. The monoisotopic (exact) mass is 522 g/mol. The Bertz CT molecular complexity index is 688. The van der Waals surface area contributed by atoms with Gasteiger partial charge in [-0.1, -0.05) is 67.2 Å². The van der Waals surface area contributed by atoms with Crippen LogP contribution in [-0.2, 0) is 0 Å². The van der Waals surface area contributed by atoms with Crippen molar-refractivity contribution in [3.05, 3.63) is 32.4 Å². The van der Waals surface area contributed by atoms with Gasteiger partial charge in [-0.05, 0) is 82.5 Å². The zero-order valence-electron chi connectivity index (χ0n) is 19.4. The van der Waals surface area contributed by atoms with Crippen LogP contribution in [0.3, 0.4) is 0 Å². The predicted octanol–water partition coefficient (Wildman–Crippen LogP) is 8.21. The van der Waals surface area contributed by atoms with Gasteiger partial charge >= 0.3 is 0 Å². The summed E-state index contributed by atoms with van der Waals surface area (Å²) >= 11 is 2.48. The molecule has 0 atom stereocenters. The third-order valence-electron chi connectivity index (χ3n) is 6.75. The van der Waals surface area contributed by atoms with E-state index in [1.165, 1.54) is 56.5 Å². The summed E-state index contributed by atoms with van der Waals surface area (Å²) in [6.45, 7) is 18.5. The number of benzene rings is 1. The largest absolute Gasteiger partial charge is 0.138 e. The lowest BCUT2D eigenvalue weighted by Crippen LogP contribution is -2.29. The molecule has 1 aromatic carbocycles. The first-order valence-electron chi connectivity index (χ1n) is 11.2. The van der Waals surface area contributed by atoms with Crippen LogP contribution in [0.25, 0.3) is 0 Å². The van der Waals surface area contributed by atoms with Crippen LogP contribution in [0.2, 0.25) is 36.3 Å². The molecule has 0 N–H and O–H groups in total. The number of rotatable bonds is 7. The van der Waals surface area contributed by atoms with Crippen molar-refractivity contribution in [1.82, 2.24) is 0 Å². The van der Waals surface area contributed by atoms with E-state index in [2.05, 4.69) is 113 Å². The lowest BCUT2D eigenvalue weighted by molar-refractivity contribution is 0.865. The molecule has 0 aliphatic heterocycles. The average molecular weight is 523 g/mol. The summed E-state index contributed by atoms with van der Waals surface area (Å²) in [5.74, 6) is 7.75. The molecule has 0 amide bonds. The Balaban J connectivity index is 3.56. The molecule has 0 nitrogen and oxygen atoms in total. The Hall–Kier alpha value is -0.496. The highest BCUT2D eigenvalue weighted by Gasteiger charge is 2.25. The van der Waals surface area contributed by atoms with Gasteiger partial charge in [-0.25, -0.2) is 0 Å². The highest BCUT2D eigenvalue weighted by atomic mass is 127. The van der Waals surface area contributed by atoms with E-state index >= 15 is 0 Å². The van der Waals surface area contributed by atoms with Crippen molar-refractivity contribution in [3.8, 4) is 22.9 Å². The number of halogens is 1. The van der Waals surface area contributed by atoms with Crippen molar-refractivity contribution >= 4 is 38.7 Å². The number of hydrogen-bond donors (Lipinski definition) is 0. The van der Waals surface area contributed by atoms with Crippen LogP contribution in [0.4, 0.5) is 0 Å². The van der Waals surface area contributed by atoms with Gasteiger partial charge in [0.1, 0.15) is 16.1 Å². The van der Waals surface area contributed by atoms with Crippen LogP contribution >= 0.6 is 22.6 Å². The minimum atomic E-state index is -1.44. The molecule has 0 unspecified atom stereocenters. The van der Waals surface area contributed by atoms with Gasteiger partial charge in [0, 0.05) is 14.7 Å². The van der Waals surface area contributed by atoms with Crippen LogP contribution in [0, 0.1) is 26.5 Å². The predicted molar refractivity (Wildman–Crippen MR) is 141 cm³/mol. The fourth-order valence-electron chi connectivity index (χ4n) is 3.59. The highest BCUT2D eigenvalue weighted by molar-refractivity contribution is 14.1. The lowest BCUT2D eigenvalue weighted by atomic mass is 9.98. The molecule has 28 heavy (non-hydrogen) atoms. The maximum absolute atomic E-state index is 3.78. The maximum atomic E-state index is 3.78. The molecule has 0 fully saturated rings. The van der Waals surface area contributed by atoms with Crippen LogP contribution in [0.15, 0.2) is 12.1 Å². The van der Waals surface area contributed by atoms with E-state index < -0.39 is 16.1 Å². The van der Waals surface area contributed by atoms with Gasteiger partial charge in [0.05, 0.1) is 0 Å². The molecule has 0 aromatic heterocycles. The third-order valence-corrected chi connectivity index (χ3v) is 17.3. The molecule has 0 saturated carbocycles. The van der Waals surface area contributed by atoms with Gasteiger partial charge in [-0.15, -0.1) is 11.1 Å². The molecule has 0 aliphatic carbocycles. The zero-order valence-corrected chi connectivity index (χ0v) is 23.5. The summed E-state index contributed by atoms with van der Waals surface area (Å²) in [4.78, 5) is 0. The molecular formula is C25H39ISi2. The van der Waals surface area contributed by atoms with Crippen LogP contribution in [-0.4, -0.2) is 16.1 Å². The van der Waals surface area contributed by atoms with Crippen molar-refractivity contribution in [2.75, 3.05) is 0 Å². The fraction of sp³-hybridized carbons (Fsp3) is 0.600. The Morgan fingerprint density at radius 1 is 0.714 bits per heavy atom. The minimum Gasteiger partial charge on any atom is -0.126 e. The summed E-state index contributed by atoms with van der Waals surface area (Å²) in [6, 6.07) is 12.1. The topological polar surface area (TPSA) is 0 Å². The summed E-state index contributed by atoms with van der Waals surface area (Å²) < 4.78 is 1.25. The normalized spacial score (nSPS) is 11.6. The first-order valence-corrected chi connectivity index (χ1v) is 17.5. The minimum absolute atomic E-state index is 0.495. The average Bonchev–Trinajstić information content (AvgIpc) is 2.72. The smallest absolute Gasteiger partial charge is 0.126 e. The standard InChI is InChI=1S/C25H39ISi2/c1-9-27(10-2,11-3)17-15-22-19-24(21(7)8)20-23(25(22)26)16-18-28(12-4,13-5)14-6/h19-21H,9-14H2,1-8H3. The van der Waals surface area contributed by atoms with E-state index in [1.807, 2.05) is 0 Å². The van der Waals surface area contributed by atoms with Crippen LogP contribution in [0.1, 0.15) is 78.0 Å². The molecule has 154 valence electrons. The van der Waals surface area contributed by atoms with Crippen molar-refractivity contribution in [2.24, 2.45) is 0 Å². The molecule has 0 radical (unpaired) electrons. The van der Waals surface area contributed by atoms with Gasteiger partial charge in [0.2, 0.25) is 0 Å². The van der Waals surface area contributed by atoms with Crippen LogP contribution < -0.4 is 0 Å². The second kappa shape index (κ2) is 11.6. The van der Waals surface area contributed by atoms with Gasteiger partial charge < -0.3 is 0 Å². The Morgan fingerprint density at radius 2 is 1.04 bits per heavy atom. The molecule has 3 heteroatoms. The number of hydrogen-bond acceptors (Lipinski definition) is 0. The molecule has 0 spiro atoms. The summed E-state index contributed by atoms with van der Waals surface area (Å²) in [6.07, 6.45) is 0. The molecule has 0 aliphatic rings. The molecular weight excluding hydrogens is 483 g/mol. The Labute approximate surface area is 190 Å². The first-order chi connectivity index (χ1) is 13.3. The SMILES string of the molecule is CC[Si](C#Cc1cc(C(C)C)cc(C#C[Si](CC)(CC)CC)c1I)(CC)CC.